The number of benzene rings is 1. The fraction of sp³-hybridized carbons (Fsp3) is 0.364. The minimum Gasteiger partial charge on any atom is -0.394 e. The van der Waals surface area contributed by atoms with Gasteiger partial charge in [-0.2, -0.15) is 0 Å². The maximum atomic E-state index is 12.2. The van der Waals surface area contributed by atoms with Gasteiger partial charge in [0.2, 0.25) is 0 Å². The largest absolute Gasteiger partial charge is 0.618 e. The highest BCUT2D eigenvalue weighted by Gasteiger charge is 2.36. The molecule has 0 aromatic heterocycles. The first-order valence-electron chi connectivity index (χ1n) is 5.62. The summed E-state index contributed by atoms with van der Waals surface area (Å²) in [4.78, 5) is 15.9. The van der Waals surface area contributed by atoms with E-state index in [0.717, 1.165) is 0 Å². The van der Waals surface area contributed by atoms with Crippen LogP contribution in [0.3, 0.4) is 0 Å². The van der Waals surface area contributed by atoms with E-state index in [1.165, 1.54) is 19.1 Å². The molecule has 0 fully saturated rings. The van der Waals surface area contributed by atoms with Gasteiger partial charge in [0.15, 0.2) is 0 Å². The molecule has 0 bridgehead atoms. The first-order valence-corrected chi connectivity index (χ1v) is 7.08. The number of hydrogen-bond acceptors (Lipinski definition) is 7. The lowest BCUT2D eigenvalue weighted by Crippen LogP contribution is -2.28. The number of phosphoric ester groups is 1. The molecule has 0 heterocycles. The zero-order chi connectivity index (χ0) is 14.3. The molecule has 7 nitrogen and oxygen atoms in total. The van der Waals surface area contributed by atoms with Crippen molar-refractivity contribution >= 4 is 13.8 Å². The first-order chi connectivity index (χ1) is 8.97. The zero-order valence-corrected chi connectivity index (χ0v) is 11.5. The molecule has 1 rings (SSSR count). The third-order valence-corrected chi connectivity index (χ3v) is 2.92. The molecule has 0 spiro atoms. The van der Waals surface area contributed by atoms with Crippen molar-refractivity contribution < 1.29 is 28.0 Å². The van der Waals surface area contributed by atoms with Crippen molar-refractivity contribution in [3.8, 4) is 5.75 Å². The Balaban J connectivity index is 2.80. The number of carbonyl (C=O) groups excluding carboxylic acids is 1. The summed E-state index contributed by atoms with van der Waals surface area (Å²) in [6, 6.07) is 7.16. The lowest BCUT2D eigenvalue weighted by molar-refractivity contribution is -0.219. The smallest absolute Gasteiger partial charge is 0.394 e. The Morgan fingerprint density at radius 1 is 1.37 bits per heavy atom. The summed E-state index contributed by atoms with van der Waals surface area (Å²) in [6.45, 7) is 3.11. The van der Waals surface area contributed by atoms with E-state index in [2.05, 4.69) is 14.1 Å². The van der Waals surface area contributed by atoms with Gasteiger partial charge in [0, 0.05) is 0 Å². The van der Waals surface area contributed by atoms with Gasteiger partial charge < -0.3 is 14.8 Å². The summed E-state index contributed by atoms with van der Waals surface area (Å²) >= 11 is 0. The van der Waals surface area contributed by atoms with Crippen LogP contribution < -0.4 is 10.3 Å². The highest BCUT2D eigenvalue weighted by molar-refractivity contribution is 7.49. The van der Waals surface area contributed by atoms with Crippen molar-refractivity contribution in [1.29, 1.82) is 0 Å². The second kappa shape index (κ2) is 7.25. The van der Waals surface area contributed by atoms with E-state index in [4.69, 9.17) is 10.3 Å². The summed E-state index contributed by atoms with van der Waals surface area (Å²) < 4.78 is 26.4. The van der Waals surface area contributed by atoms with Crippen LogP contribution in [0.1, 0.15) is 13.8 Å². The molecule has 0 aliphatic carbocycles. The second-order valence-electron chi connectivity index (χ2n) is 3.53. The van der Waals surface area contributed by atoms with Crippen molar-refractivity contribution in [1.82, 2.24) is 0 Å². The maximum absolute atomic E-state index is 12.2. The lowest BCUT2D eigenvalue weighted by Gasteiger charge is -2.17. The van der Waals surface area contributed by atoms with Crippen molar-refractivity contribution in [2.45, 2.75) is 19.9 Å². The van der Waals surface area contributed by atoms with Crippen molar-refractivity contribution in [2.24, 2.45) is 5.73 Å². The molecular weight excluding hydrogens is 273 g/mol. The van der Waals surface area contributed by atoms with Gasteiger partial charge in [0.1, 0.15) is 11.8 Å². The van der Waals surface area contributed by atoms with Crippen LogP contribution in [0.25, 0.3) is 0 Å². The Morgan fingerprint density at radius 2 is 2.00 bits per heavy atom. The van der Waals surface area contributed by atoms with E-state index >= 15 is 0 Å². The van der Waals surface area contributed by atoms with E-state index in [9.17, 15) is 9.36 Å². The first kappa shape index (κ1) is 15.7. The molecule has 0 amide bonds. The van der Waals surface area contributed by atoms with Crippen molar-refractivity contribution in [2.75, 3.05) is 6.61 Å². The maximum Gasteiger partial charge on any atom is 0.618 e. The molecule has 0 saturated heterocycles. The standard InChI is InChI=1S/C11H16NO6P/c1-3-15-18-19(14,17-11(13)9(2)12)16-10-7-5-4-6-8-10/h4-9H,3,12H2,1-2H3/t9-,19?/m0/s1. The molecule has 2 N–H and O–H groups in total. The third-order valence-electron chi connectivity index (χ3n) is 1.80. The van der Waals surface area contributed by atoms with Gasteiger partial charge in [0.25, 0.3) is 0 Å². The molecule has 106 valence electrons. The number of hydrogen-bond donors (Lipinski definition) is 1. The Hall–Kier alpha value is -1.40. The van der Waals surface area contributed by atoms with Crippen LogP contribution in [0.2, 0.25) is 0 Å². The van der Waals surface area contributed by atoms with E-state index in [0.29, 0.717) is 0 Å². The van der Waals surface area contributed by atoms with E-state index in [-0.39, 0.29) is 12.4 Å². The molecule has 0 aliphatic heterocycles. The molecule has 0 saturated carbocycles. The van der Waals surface area contributed by atoms with Crippen LogP contribution in [-0.2, 0) is 23.4 Å². The van der Waals surface area contributed by atoms with Crippen LogP contribution in [0.15, 0.2) is 30.3 Å². The second-order valence-corrected chi connectivity index (χ2v) is 4.94. The molecule has 0 radical (unpaired) electrons. The third kappa shape index (κ3) is 5.40. The average molecular weight is 289 g/mol. The highest BCUT2D eigenvalue weighted by Crippen LogP contribution is 2.49. The molecule has 1 aromatic rings. The van der Waals surface area contributed by atoms with Crippen LogP contribution in [0.4, 0.5) is 0 Å². The molecule has 8 heteroatoms. The van der Waals surface area contributed by atoms with E-state index < -0.39 is 19.8 Å². The molecular formula is C11H16NO6P. The topological polar surface area (TPSA) is 97.1 Å². The molecule has 0 aliphatic rings. The Bertz CT molecular complexity index is 450. The van der Waals surface area contributed by atoms with Crippen LogP contribution in [-0.4, -0.2) is 18.6 Å². The molecule has 19 heavy (non-hydrogen) atoms. The van der Waals surface area contributed by atoms with Crippen LogP contribution in [0, 0.1) is 0 Å². The van der Waals surface area contributed by atoms with Gasteiger partial charge in [-0.05, 0) is 26.0 Å². The summed E-state index contributed by atoms with van der Waals surface area (Å²) in [7, 11) is -4.22. The zero-order valence-electron chi connectivity index (χ0n) is 10.6. The lowest BCUT2D eigenvalue weighted by atomic mass is 10.3. The van der Waals surface area contributed by atoms with Gasteiger partial charge in [-0.3, -0.25) is 0 Å². The highest BCUT2D eigenvalue weighted by atomic mass is 31.2. The molecule has 1 aromatic carbocycles. The number of rotatable bonds is 7. The van der Waals surface area contributed by atoms with E-state index in [1.54, 1.807) is 25.1 Å². The summed E-state index contributed by atoms with van der Waals surface area (Å²) in [5, 5.41) is 0. The van der Waals surface area contributed by atoms with Crippen molar-refractivity contribution in [3.63, 3.8) is 0 Å². The van der Waals surface area contributed by atoms with E-state index in [1.807, 2.05) is 0 Å². The van der Waals surface area contributed by atoms with Gasteiger partial charge in [-0.25, -0.2) is 14.2 Å². The Kier molecular flexibility index (Phi) is 5.98. The van der Waals surface area contributed by atoms with Crippen molar-refractivity contribution in [3.05, 3.63) is 30.3 Å². The Morgan fingerprint density at radius 3 is 2.53 bits per heavy atom. The van der Waals surface area contributed by atoms with Crippen LogP contribution >= 0.6 is 7.82 Å². The fourth-order valence-electron chi connectivity index (χ4n) is 0.970. The average Bonchev–Trinajstić information content (AvgIpc) is 2.37. The number of phosphoric acid groups is 1. The molecule has 1 unspecified atom stereocenters. The minimum absolute atomic E-state index is 0.109. The minimum atomic E-state index is -4.22. The number of carbonyl (C=O) groups is 1. The summed E-state index contributed by atoms with van der Waals surface area (Å²) in [5.41, 5.74) is 5.32. The predicted molar refractivity (Wildman–Crippen MR) is 67.1 cm³/mol. The monoisotopic (exact) mass is 289 g/mol. The molecule has 2 atom stereocenters. The number of para-hydroxylation sites is 1. The van der Waals surface area contributed by atoms with Gasteiger partial charge in [-0.1, -0.05) is 18.2 Å². The normalized spacial score (nSPS) is 15.3. The fourth-order valence-corrected chi connectivity index (χ4v) is 2.07. The van der Waals surface area contributed by atoms with Gasteiger partial charge >= 0.3 is 13.8 Å². The predicted octanol–water partition coefficient (Wildman–Crippen LogP) is 2.03. The Labute approximate surface area is 111 Å². The summed E-state index contributed by atoms with van der Waals surface area (Å²) in [6.07, 6.45) is 0. The number of nitrogens with two attached hydrogens (primary N) is 1. The SMILES string of the molecule is CCOOP(=O)(OC(=O)[C@H](C)N)Oc1ccccc1. The van der Waals surface area contributed by atoms with Crippen LogP contribution in [0.5, 0.6) is 5.75 Å². The quantitative estimate of drug-likeness (QED) is 0.466. The van der Waals surface area contributed by atoms with Gasteiger partial charge in [0.05, 0.1) is 6.61 Å². The summed E-state index contributed by atoms with van der Waals surface area (Å²) in [5.74, 6) is -0.707. The van der Waals surface area contributed by atoms with Gasteiger partial charge in [-0.15, -0.1) is 4.67 Å².